The zero-order valence-electron chi connectivity index (χ0n) is 18.8. The largest absolute Gasteiger partial charge is 0.379 e. The number of piperazine rings is 1. The highest BCUT2D eigenvalue weighted by Gasteiger charge is 2.40. The number of carbonyl (C=O) groups excluding carboxylic acids is 2. The van der Waals surface area contributed by atoms with Crippen LogP contribution in [0.15, 0.2) is 23.1 Å². The van der Waals surface area contributed by atoms with Crippen molar-refractivity contribution in [2.45, 2.75) is 37.6 Å². The molecule has 2 fully saturated rings. The van der Waals surface area contributed by atoms with Gasteiger partial charge in [0, 0.05) is 58.3 Å². The molecule has 32 heavy (non-hydrogen) atoms. The van der Waals surface area contributed by atoms with Crippen LogP contribution in [0.1, 0.15) is 25.8 Å². The van der Waals surface area contributed by atoms with E-state index in [0.29, 0.717) is 51.5 Å². The summed E-state index contributed by atoms with van der Waals surface area (Å²) in [4.78, 5) is 31.7. The fourth-order valence-corrected chi connectivity index (χ4v) is 6.29. The van der Waals surface area contributed by atoms with Gasteiger partial charge >= 0.3 is 0 Å². The lowest BCUT2D eigenvalue weighted by Gasteiger charge is -2.37. The van der Waals surface area contributed by atoms with Gasteiger partial charge in [-0.05, 0) is 36.7 Å². The molecule has 0 radical (unpaired) electrons. The van der Waals surface area contributed by atoms with Crippen LogP contribution >= 0.6 is 0 Å². The topological polar surface area (TPSA) is 90.5 Å². The summed E-state index contributed by atoms with van der Waals surface area (Å²) in [7, 11) is -3.64. The van der Waals surface area contributed by atoms with Crippen molar-refractivity contribution in [2.75, 3.05) is 63.9 Å². The van der Waals surface area contributed by atoms with E-state index >= 15 is 0 Å². The van der Waals surface area contributed by atoms with Crippen LogP contribution in [0.2, 0.25) is 0 Å². The first-order valence-electron chi connectivity index (χ1n) is 11.3. The molecule has 0 N–H and O–H groups in total. The molecule has 3 heterocycles. The van der Waals surface area contributed by atoms with E-state index in [1.807, 2.05) is 4.90 Å². The molecule has 0 spiro atoms. The van der Waals surface area contributed by atoms with E-state index in [4.69, 9.17) is 4.74 Å². The van der Waals surface area contributed by atoms with Gasteiger partial charge in [0.1, 0.15) is 6.04 Å². The smallest absolute Gasteiger partial charge is 0.246 e. The first-order valence-corrected chi connectivity index (χ1v) is 12.8. The average Bonchev–Trinajstić information content (AvgIpc) is 3.19. The number of ether oxygens (including phenoxy) is 1. The zero-order valence-corrected chi connectivity index (χ0v) is 19.6. The molecule has 10 heteroatoms. The summed E-state index contributed by atoms with van der Waals surface area (Å²) in [6, 6.07) is 4.20. The quantitative estimate of drug-likeness (QED) is 0.632. The second-order valence-corrected chi connectivity index (χ2v) is 10.5. The molecule has 2 amide bonds. The molecule has 0 bridgehead atoms. The van der Waals surface area contributed by atoms with Gasteiger partial charge in [-0.3, -0.25) is 19.4 Å². The van der Waals surface area contributed by atoms with Crippen LogP contribution in [0.4, 0.5) is 5.69 Å². The van der Waals surface area contributed by atoms with Crippen LogP contribution in [0, 0.1) is 0 Å². The van der Waals surface area contributed by atoms with Gasteiger partial charge in [-0.2, -0.15) is 4.31 Å². The predicted molar refractivity (Wildman–Crippen MR) is 120 cm³/mol. The molecule has 3 aliphatic heterocycles. The number of amides is 2. The summed E-state index contributed by atoms with van der Waals surface area (Å²) in [5, 5.41) is 0. The maximum atomic E-state index is 13.4. The fourth-order valence-electron chi connectivity index (χ4n) is 4.83. The lowest BCUT2D eigenvalue weighted by molar-refractivity contribution is -0.135. The molecule has 1 atom stereocenters. The minimum atomic E-state index is -3.64. The van der Waals surface area contributed by atoms with E-state index in [9.17, 15) is 18.0 Å². The molecule has 9 nitrogen and oxygen atoms in total. The van der Waals surface area contributed by atoms with Gasteiger partial charge < -0.3 is 9.64 Å². The Morgan fingerprint density at radius 1 is 1.06 bits per heavy atom. The summed E-state index contributed by atoms with van der Waals surface area (Å²) in [6.45, 7) is 8.99. The average molecular weight is 465 g/mol. The number of anilines is 1. The minimum absolute atomic E-state index is 0.0647. The highest BCUT2D eigenvalue weighted by Crippen LogP contribution is 2.35. The Balaban J connectivity index is 1.54. The van der Waals surface area contributed by atoms with Crippen LogP contribution < -0.4 is 4.90 Å². The van der Waals surface area contributed by atoms with Crippen molar-refractivity contribution in [3.8, 4) is 0 Å². The fraction of sp³-hybridized carbons (Fsp3) is 0.636. The number of benzene rings is 1. The van der Waals surface area contributed by atoms with Gasteiger partial charge in [0.25, 0.3) is 0 Å². The monoisotopic (exact) mass is 464 g/mol. The number of hydrogen-bond acceptors (Lipinski definition) is 6. The lowest BCUT2D eigenvalue weighted by atomic mass is 10.1. The van der Waals surface area contributed by atoms with Crippen LogP contribution in [0.3, 0.4) is 0 Å². The van der Waals surface area contributed by atoms with E-state index in [2.05, 4.69) is 11.8 Å². The summed E-state index contributed by atoms with van der Waals surface area (Å²) >= 11 is 0. The molecule has 3 aliphatic rings. The Morgan fingerprint density at radius 3 is 2.38 bits per heavy atom. The third kappa shape index (κ3) is 4.41. The van der Waals surface area contributed by atoms with Gasteiger partial charge in [0.15, 0.2) is 0 Å². The van der Waals surface area contributed by atoms with Crippen molar-refractivity contribution in [3.05, 3.63) is 23.8 Å². The van der Waals surface area contributed by atoms with Crippen molar-refractivity contribution in [2.24, 2.45) is 0 Å². The molecule has 176 valence electrons. The number of carbonyl (C=O) groups is 2. The summed E-state index contributed by atoms with van der Waals surface area (Å²) in [6.07, 6.45) is 1.41. The van der Waals surface area contributed by atoms with Crippen molar-refractivity contribution in [1.82, 2.24) is 14.1 Å². The number of hydrogen-bond donors (Lipinski definition) is 0. The number of sulfonamides is 1. The Kier molecular flexibility index (Phi) is 6.85. The van der Waals surface area contributed by atoms with Gasteiger partial charge in [-0.15, -0.1) is 0 Å². The van der Waals surface area contributed by atoms with E-state index in [1.54, 1.807) is 12.1 Å². The summed E-state index contributed by atoms with van der Waals surface area (Å²) in [5.41, 5.74) is 1.35. The Bertz CT molecular complexity index is 969. The molecular formula is C22H32N4O5S. The van der Waals surface area contributed by atoms with Gasteiger partial charge in [-0.25, -0.2) is 8.42 Å². The maximum Gasteiger partial charge on any atom is 0.246 e. The van der Waals surface area contributed by atoms with Gasteiger partial charge in [0.2, 0.25) is 21.8 Å². The van der Waals surface area contributed by atoms with Crippen LogP contribution in [0.25, 0.3) is 0 Å². The third-order valence-corrected chi connectivity index (χ3v) is 8.39. The molecule has 0 aliphatic carbocycles. The number of nitrogens with zero attached hydrogens (tertiary/aromatic N) is 4. The van der Waals surface area contributed by atoms with E-state index < -0.39 is 16.1 Å². The van der Waals surface area contributed by atoms with Gasteiger partial charge in [0.05, 0.1) is 18.1 Å². The molecule has 1 unspecified atom stereocenters. The highest BCUT2D eigenvalue weighted by molar-refractivity contribution is 7.89. The Hall–Kier alpha value is -2.01. The molecule has 0 aromatic heterocycles. The summed E-state index contributed by atoms with van der Waals surface area (Å²) < 4.78 is 32.8. The van der Waals surface area contributed by atoms with Crippen LogP contribution in [-0.2, 0) is 30.8 Å². The van der Waals surface area contributed by atoms with Crippen molar-refractivity contribution in [3.63, 3.8) is 0 Å². The molecular weight excluding hydrogens is 432 g/mol. The van der Waals surface area contributed by atoms with E-state index in [1.165, 1.54) is 22.2 Å². The van der Waals surface area contributed by atoms with Crippen LogP contribution in [0.5, 0.6) is 0 Å². The molecule has 1 aromatic carbocycles. The van der Waals surface area contributed by atoms with E-state index in [0.717, 1.165) is 31.6 Å². The van der Waals surface area contributed by atoms with Crippen LogP contribution in [-0.4, -0.2) is 99.4 Å². The lowest BCUT2D eigenvalue weighted by Crippen LogP contribution is -2.55. The summed E-state index contributed by atoms with van der Waals surface area (Å²) in [5.74, 6) is -0.277. The Labute approximate surface area is 189 Å². The molecule has 0 saturated carbocycles. The van der Waals surface area contributed by atoms with Crippen molar-refractivity contribution >= 4 is 27.5 Å². The third-order valence-electron chi connectivity index (χ3n) is 6.49. The minimum Gasteiger partial charge on any atom is -0.379 e. The highest BCUT2D eigenvalue weighted by atomic mass is 32.2. The molecule has 4 rings (SSSR count). The number of fused-ring (bicyclic) bond motifs is 1. The van der Waals surface area contributed by atoms with Crippen molar-refractivity contribution in [1.29, 1.82) is 0 Å². The molecule has 2 saturated heterocycles. The second-order valence-electron chi connectivity index (χ2n) is 8.58. The first kappa shape index (κ1) is 23.2. The van der Waals surface area contributed by atoms with Crippen molar-refractivity contribution < 1.29 is 22.7 Å². The number of morpholine rings is 1. The second kappa shape index (κ2) is 9.46. The SMILES string of the molecule is CCCN1CCN(C(=O)C2Cc3cc(S(=O)(=O)N4CCOCC4)ccc3N2C(C)=O)CC1. The Morgan fingerprint density at radius 2 is 1.75 bits per heavy atom. The van der Waals surface area contributed by atoms with Gasteiger partial charge in [-0.1, -0.05) is 6.92 Å². The first-order chi connectivity index (χ1) is 15.3. The number of rotatable bonds is 5. The zero-order chi connectivity index (χ0) is 22.9. The normalized spacial score (nSPS) is 22.8. The maximum absolute atomic E-state index is 13.4. The molecule has 1 aromatic rings. The predicted octanol–water partition coefficient (Wildman–Crippen LogP) is 0.539. The standard InChI is InChI=1S/C22H32N4O5S/c1-3-6-23-7-9-24(10-8-23)22(28)21-16-18-15-19(4-5-20(18)26(21)17(2)27)32(29,30)25-11-13-31-14-12-25/h4-5,15,21H,3,6-14,16H2,1-2H3. The van der Waals surface area contributed by atoms with E-state index in [-0.39, 0.29) is 16.7 Å².